The second kappa shape index (κ2) is 6.23. The van der Waals surface area contributed by atoms with Crippen LogP contribution in [0.1, 0.15) is 30.7 Å². The van der Waals surface area contributed by atoms with Gasteiger partial charge in [-0.3, -0.25) is 5.10 Å². The second-order valence-electron chi connectivity index (χ2n) is 6.64. The molecule has 1 unspecified atom stereocenters. The van der Waals surface area contributed by atoms with E-state index in [0.29, 0.717) is 12.0 Å². The van der Waals surface area contributed by atoms with Gasteiger partial charge in [0.2, 0.25) is 0 Å². The lowest BCUT2D eigenvalue weighted by Gasteiger charge is -2.22. The molecule has 3 N–H and O–H groups in total. The minimum Gasteiger partial charge on any atom is -0.317 e. The standard InChI is InChI=1S/C18H24N4/c1-3-15(17-7-10-21-22-17)4-2-14(1)16-11-18(16)20-12-13-5-8-19-9-6-13/h1-4,7,10,13,16,18-20H,5-6,8-9,11-12H2,(H,21,22)/t16-,18?/m1/s1. The Labute approximate surface area is 131 Å². The van der Waals surface area contributed by atoms with E-state index < -0.39 is 0 Å². The number of rotatable bonds is 5. The van der Waals surface area contributed by atoms with Crippen molar-refractivity contribution in [2.75, 3.05) is 19.6 Å². The highest BCUT2D eigenvalue weighted by molar-refractivity contribution is 5.59. The fourth-order valence-corrected chi connectivity index (χ4v) is 3.52. The van der Waals surface area contributed by atoms with E-state index >= 15 is 0 Å². The molecule has 2 aliphatic rings. The lowest BCUT2D eigenvalue weighted by molar-refractivity contribution is 0.355. The lowest BCUT2D eigenvalue weighted by atomic mass is 9.98. The average Bonchev–Trinajstić information content (AvgIpc) is 3.15. The Morgan fingerprint density at radius 2 is 1.91 bits per heavy atom. The summed E-state index contributed by atoms with van der Waals surface area (Å²) in [6.45, 7) is 3.57. The zero-order valence-electron chi connectivity index (χ0n) is 12.9. The van der Waals surface area contributed by atoms with Gasteiger partial charge in [0.15, 0.2) is 0 Å². The van der Waals surface area contributed by atoms with Gasteiger partial charge in [-0.1, -0.05) is 24.3 Å². The van der Waals surface area contributed by atoms with Gasteiger partial charge in [-0.2, -0.15) is 5.10 Å². The van der Waals surface area contributed by atoms with Crippen LogP contribution in [0.4, 0.5) is 0 Å². The van der Waals surface area contributed by atoms with Crippen molar-refractivity contribution in [1.29, 1.82) is 0 Å². The van der Waals surface area contributed by atoms with E-state index in [1.807, 2.05) is 6.07 Å². The van der Waals surface area contributed by atoms with Gasteiger partial charge in [-0.05, 0) is 62.0 Å². The van der Waals surface area contributed by atoms with Gasteiger partial charge in [0.1, 0.15) is 0 Å². The van der Waals surface area contributed by atoms with Gasteiger partial charge in [0, 0.05) is 18.2 Å². The Morgan fingerprint density at radius 1 is 1.09 bits per heavy atom. The fraction of sp³-hybridized carbons (Fsp3) is 0.500. The van der Waals surface area contributed by atoms with Crippen molar-refractivity contribution < 1.29 is 0 Å². The molecule has 4 rings (SSSR count). The zero-order valence-corrected chi connectivity index (χ0v) is 12.9. The number of aromatic amines is 1. The van der Waals surface area contributed by atoms with E-state index in [1.54, 1.807) is 6.20 Å². The Hall–Kier alpha value is -1.65. The third-order valence-corrected chi connectivity index (χ3v) is 5.07. The molecule has 2 fully saturated rings. The van der Waals surface area contributed by atoms with Crippen molar-refractivity contribution in [2.45, 2.75) is 31.2 Å². The number of nitrogens with one attached hydrogen (secondary N) is 3. The Kier molecular flexibility index (Phi) is 3.95. The van der Waals surface area contributed by atoms with Crippen LogP contribution in [-0.4, -0.2) is 35.9 Å². The Balaban J connectivity index is 1.30. The molecule has 0 radical (unpaired) electrons. The first-order chi connectivity index (χ1) is 10.9. The van der Waals surface area contributed by atoms with Crippen molar-refractivity contribution in [2.24, 2.45) is 5.92 Å². The smallest absolute Gasteiger partial charge is 0.0650 e. The van der Waals surface area contributed by atoms with Crippen molar-refractivity contribution in [3.8, 4) is 11.3 Å². The lowest BCUT2D eigenvalue weighted by Crippen LogP contribution is -2.34. The molecule has 1 aliphatic heterocycles. The van der Waals surface area contributed by atoms with Crippen LogP contribution in [0.2, 0.25) is 0 Å². The summed E-state index contributed by atoms with van der Waals surface area (Å²) < 4.78 is 0. The van der Waals surface area contributed by atoms with Crippen LogP contribution in [0.5, 0.6) is 0 Å². The summed E-state index contributed by atoms with van der Waals surface area (Å²) in [4.78, 5) is 0. The molecule has 1 aliphatic carbocycles. The number of H-pyrrole nitrogens is 1. The van der Waals surface area contributed by atoms with E-state index in [0.717, 1.165) is 11.6 Å². The molecule has 2 atom stereocenters. The summed E-state index contributed by atoms with van der Waals surface area (Å²) in [5.74, 6) is 1.57. The monoisotopic (exact) mass is 296 g/mol. The molecule has 0 bridgehead atoms. The first kappa shape index (κ1) is 14.0. The Morgan fingerprint density at radius 3 is 2.64 bits per heavy atom. The molecule has 0 amide bonds. The maximum atomic E-state index is 4.01. The normalized spacial score (nSPS) is 25.3. The first-order valence-corrected chi connectivity index (χ1v) is 8.44. The number of nitrogens with zero attached hydrogens (tertiary/aromatic N) is 1. The molecule has 2 aromatic rings. The number of aromatic nitrogens is 2. The maximum absolute atomic E-state index is 4.01. The number of piperidine rings is 1. The van der Waals surface area contributed by atoms with Gasteiger partial charge in [0.05, 0.1) is 5.69 Å². The highest BCUT2D eigenvalue weighted by Gasteiger charge is 2.38. The predicted octanol–water partition coefficient (Wildman–Crippen LogP) is 2.52. The molecular formula is C18H24N4. The minimum absolute atomic E-state index is 0.688. The van der Waals surface area contributed by atoms with Crippen LogP contribution in [0.25, 0.3) is 11.3 Å². The molecule has 116 valence electrons. The molecule has 1 aromatic carbocycles. The fourth-order valence-electron chi connectivity index (χ4n) is 3.52. The molecule has 22 heavy (non-hydrogen) atoms. The highest BCUT2D eigenvalue weighted by atomic mass is 15.1. The van der Waals surface area contributed by atoms with Crippen molar-refractivity contribution in [3.05, 3.63) is 42.1 Å². The van der Waals surface area contributed by atoms with E-state index in [1.165, 1.54) is 50.0 Å². The average molecular weight is 296 g/mol. The molecular weight excluding hydrogens is 272 g/mol. The summed E-state index contributed by atoms with van der Waals surface area (Å²) in [7, 11) is 0. The topological polar surface area (TPSA) is 52.7 Å². The first-order valence-electron chi connectivity index (χ1n) is 8.44. The summed E-state index contributed by atoms with van der Waals surface area (Å²) in [5, 5.41) is 14.2. The van der Waals surface area contributed by atoms with E-state index in [9.17, 15) is 0 Å². The van der Waals surface area contributed by atoms with Gasteiger partial charge < -0.3 is 10.6 Å². The molecule has 4 nitrogen and oxygen atoms in total. The number of hydrogen-bond acceptors (Lipinski definition) is 3. The van der Waals surface area contributed by atoms with Crippen molar-refractivity contribution in [1.82, 2.24) is 20.8 Å². The second-order valence-corrected chi connectivity index (χ2v) is 6.64. The van der Waals surface area contributed by atoms with Crippen LogP contribution in [0.15, 0.2) is 36.5 Å². The van der Waals surface area contributed by atoms with Gasteiger partial charge >= 0.3 is 0 Å². The van der Waals surface area contributed by atoms with Crippen LogP contribution in [0.3, 0.4) is 0 Å². The van der Waals surface area contributed by atoms with Gasteiger partial charge in [-0.25, -0.2) is 0 Å². The molecule has 1 saturated carbocycles. The third kappa shape index (κ3) is 3.08. The molecule has 2 heterocycles. The SMILES string of the molecule is c1cc(-c2ccc([C@H]3CC3NCC3CCNCC3)cc2)[nH]n1. The molecule has 1 saturated heterocycles. The molecule has 0 spiro atoms. The third-order valence-electron chi connectivity index (χ3n) is 5.07. The largest absolute Gasteiger partial charge is 0.317 e. The molecule has 4 heteroatoms. The van der Waals surface area contributed by atoms with Crippen molar-refractivity contribution in [3.63, 3.8) is 0 Å². The van der Waals surface area contributed by atoms with Gasteiger partial charge in [-0.15, -0.1) is 0 Å². The Bertz CT molecular complexity index is 584. The summed E-state index contributed by atoms with van der Waals surface area (Å²) >= 11 is 0. The van der Waals surface area contributed by atoms with E-state index in [2.05, 4.69) is 45.1 Å². The number of benzene rings is 1. The minimum atomic E-state index is 0.688. The highest BCUT2D eigenvalue weighted by Crippen LogP contribution is 2.41. The quantitative estimate of drug-likeness (QED) is 0.794. The summed E-state index contributed by atoms with van der Waals surface area (Å²) in [5.41, 5.74) is 3.76. The summed E-state index contributed by atoms with van der Waals surface area (Å²) in [6, 6.07) is 11.6. The maximum Gasteiger partial charge on any atom is 0.0650 e. The molecule has 1 aromatic heterocycles. The van der Waals surface area contributed by atoms with Crippen LogP contribution < -0.4 is 10.6 Å². The van der Waals surface area contributed by atoms with Crippen LogP contribution >= 0.6 is 0 Å². The van der Waals surface area contributed by atoms with Gasteiger partial charge in [0.25, 0.3) is 0 Å². The predicted molar refractivity (Wildman–Crippen MR) is 88.8 cm³/mol. The van der Waals surface area contributed by atoms with Crippen molar-refractivity contribution >= 4 is 0 Å². The number of hydrogen-bond donors (Lipinski definition) is 3. The van der Waals surface area contributed by atoms with Crippen LogP contribution in [-0.2, 0) is 0 Å². The summed E-state index contributed by atoms with van der Waals surface area (Å²) in [6.07, 6.45) is 5.73. The zero-order chi connectivity index (χ0) is 14.8. The van der Waals surface area contributed by atoms with Crippen LogP contribution in [0, 0.1) is 5.92 Å². The van der Waals surface area contributed by atoms with E-state index in [4.69, 9.17) is 0 Å². The van der Waals surface area contributed by atoms with E-state index in [-0.39, 0.29) is 0 Å².